The van der Waals surface area contributed by atoms with Crippen molar-refractivity contribution in [2.24, 2.45) is 0 Å². The number of rotatable bonds is 5. The van der Waals surface area contributed by atoms with Gasteiger partial charge in [-0.1, -0.05) is 48.5 Å². The first-order chi connectivity index (χ1) is 15.1. The molecule has 1 aliphatic heterocycles. The van der Waals surface area contributed by atoms with Gasteiger partial charge in [-0.2, -0.15) is 4.37 Å². The zero-order valence-corrected chi connectivity index (χ0v) is 18.6. The number of fused-ring (bicyclic) bond motifs is 1. The molecular weight excluding hydrogens is 426 g/mol. The molecule has 31 heavy (non-hydrogen) atoms. The van der Waals surface area contributed by atoms with Crippen molar-refractivity contribution in [1.29, 1.82) is 0 Å². The SMILES string of the molecule is O=S(=O)(c1ccccc1)c1ccccc1CN1CCN(c2nsc3ccccc23)CC1. The minimum Gasteiger partial charge on any atom is -0.353 e. The predicted octanol–water partition coefficient (Wildman–Crippen LogP) is 4.45. The summed E-state index contributed by atoms with van der Waals surface area (Å²) in [5.41, 5.74) is 0.846. The molecule has 0 bridgehead atoms. The number of benzene rings is 3. The van der Waals surface area contributed by atoms with Gasteiger partial charge in [0.25, 0.3) is 0 Å². The number of hydrogen-bond acceptors (Lipinski definition) is 6. The molecule has 0 spiro atoms. The maximum absolute atomic E-state index is 13.2. The molecule has 1 fully saturated rings. The van der Waals surface area contributed by atoms with Crippen LogP contribution in [0.1, 0.15) is 5.56 Å². The van der Waals surface area contributed by atoms with Crippen LogP contribution in [0.4, 0.5) is 5.82 Å². The fourth-order valence-electron chi connectivity index (χ4n) is 4.08. The van der Waals surface area contributed by atoms with Gasteiger partial charge in [0.15, 0.2) is 0 Å². The average molecular weight is 450 g/mol. The van der Waals surface area contributed by atoms with Crippen LogP contribution in [0.3, 0.4) is 0 Å². The van der Waals surface area contributed by atoms with E-state index in [-0.39, 0.29) is 0 Å². The lowest BCUT2D eigenvalue weighted by Gasteiger charge is -2.35. The third-order valence-electron chi connectivity index (χ3n) is 5.74. The van der Waals surface area contributed by atoms with Gasteiger partial charge in [-0.3, -0.25) is 4.90 Å². The average Bonchev–Trinajstić information content (AvgIpc) is 3.25. The highest BCUT2D eigenvalue weighted by atomic mass is 32.2. The molecule has 0 radical (unpaired) electrons. The van der Waals surface area contributed by atoms with Crippen LogP contribution < -0.4 is 4.90 Å². The van der Waals surface area contributed by atoms with E-state index in [2.05, 4.69) is 32.4 Å². The molecule has 0 unspecified atom stereocenters. The van der Waals surface area contributed by atoms with Gasteiger partial charge in [0, 0.05) is 38.1 Å². The summed E-state index contributed by atoms with van der Waals surface area (Å²) in [4.78, 5) is 5.39. The van der Waals surface area contributed by atoms with Crippen molar-refractivity contribution in [1.82, 2.24) is 9.27 Å². The van der Waals surface area contributed by atoms with Crippen molar-refractivity contribution >= 4 is 37.3 Å². The predicted molar refractivity (Wildman–Crippen MR) is 125 cm³/mol. The Morgan fingerprint density at radius 2 is 1.48 bits per heavy atom. The van der Waals surface area contributed by atoms with Gasteiger partial charge in [-0.15, -0.1) is 0 Å². The Hall–Kier alpha value is -2.74. The summed E-state index contributed by atoms with van der Waals surface area (Å²) >= 11 is 1.54. The van der Waals surface area contributed by atoms with Crippen molar-refractivity contribution in [3.05, 3.63) is 84.4 Å². The van der Waals surface area contributed by atoms with Crippen molar-refractivity contribution in [2.45, 2.75) is 16.3 Å². The molecule has 5 nitrogen and oxygen atoms in total. The third kappa shape index (κ3) is 3.96. The molecule has 158 valence electrons. The summed E-state index contributed by atoms with van der Waals surface area (Å²) < 4.78 is 32.3. The van der Waals surface area contributed by atoms with Crippen LogP contribution >= 0.6 is 11.5 Å². The molecule has 0 amide bonds. The van der Waals surface area contributed by atoms with Gasteiger partial charge in [-0.25, -0.2) is 8.42 Å². The highest BCUT2D eigenvalue weighted by Gasteiger charge is 2.24. The maximum atomic E-state index is 13.2. The minimum absolute atomic E-state index is 0.336. The first kappa shape index (κ1) is 20.2. The lowest BCUT2D eigenvalue weighted by Crippen LogP contribution is -2.46. The highest BCUT2D eigenvalue weighted by molar-refractivity contribution is 7.91. The Kier molecular flexibility index (Phi) is 5.48. The normalized spacial score (nSPS) is 15.4. The van der Waals surface area contributed by atoms with Crippen LogP contribution in [0.15, 0.2) is 88.7 Å². The van der Waals surface area contributed by atoms with Crippen LogP contribution in [-0.4, -0.2) is 43.9 Å². The van der Waals surface area contributed by atoms with Crippen LogP contribution in [0, 0.1) is 0 Å². The second-order valence-electron chi connectivity index (χ2n) is 7.69. The topological polar surface area (TPSA) is 53.5 Å². The van der Waals surface area contributed by atoms with E-state index in [0.717, 1.165) is 37.6 Å². The maximum Gasteiger partial charge on any atom is 0.206 e. The van der Waals surface area contributed by atoms with Gasteiger partial charge in [0.05, 0.1) is 14.5 Å². The Bertz CT molecular complexity index is 1290. The van der Waals surface area contributed by atoms with Crippen LogP contribution in [-0.2, 0) is 16.4 Å². The van der Waals surface area contributed by atoms with Crippen molar-refractivity contribution < 1.29 is 8.42 Å². The molecule has 1 saturated heterocycles. The standard InChI is InChI=1S/C24H23N3O2S2/c28-31(29,20-9-2-1-3-10-20)23-13-7-4-8-19(23)18-26-14-16-27(17-15-26)24-21-11-5-6-12-22(21)30-25-24/h1-13H,14-18H2. The molecule has 0 N–H and O–H groups in total. The van der Waals surface area contributed by atoms with E-state index in [1.807, 2.05) is 24.3 Å². The molecule has 0 saturated carbocycles. The Labute approximate surface area is 186 Å². The van der Waals surface area contributed by atoms with E-state index < -0.39 is 9.84 Å². The second-order valence-corrected chi connectivity index (χ2v) is 10.4. The van der Waals surface area contributed by atoms with E-state index in [1.54, 1.807) is 47.9 Å². The summed E-state index contributed by atoms with van der Waals surface area (Å²) in [6, 6.07) is 24.4. The summed E-state index contributed by atoms with van der Waals surface area (Å²) in [6.45, 7) is 4.10. The molecular formula is C24H23N3O2S2. The minimum atomic E-state index is -3.54. The summed E-state index contributed by atoms with van der Waals surface area (Å²) in [5, 5.41) is 1.21. The van der Waals surface area contributed by atoms with Crippen molar-refractivity contribution in [3.8, 4) is 0 Å². The van der Waals surface area contributed by atoms with E-state index in [1.165, 1.54) is 10.1 Å². The first-order valence-corrected chi connectivity index (χ1v) is 12.6. The van der Waals surface area contributed by atoms with Gasteiger partial charge in [0.2, 0.25) is 9.84 Å². The Balaban J connectivity index is 1.32. The summed E-state index contributed by atoms with van der Waals surface area (Å²) in [7, 11) is -3.54. The van der Waals surface area contributed by atoms with Gasteiger partial charge < -0.3 is 4.90 Å². The molecule has 7 heteroatoms. The smallest absolute Gasteiger partial charge is 0.206 e. The Morgan fingerprint density at radius 3 is 2.29 bits per heavy atom. The lowest BCUT2D eigenvalue weighted by molar-refractivity contribution is 0.248. The molecule has 1 aromatic heterocycles. The fraction of sp³-hybridized carbons (Fsp3) is 0.208. The molecule has 3 aromatic carbocycles. The van der Waals surface area contributed by atoms with E-state index in [0.29, 0.717) is 16.3 Å². The Morgan fingerprint density at radius 1 is 0.806 bits per heavy atom. The van der Waals surface area contributed by atoms with Crippen LogP contribution in [0.25, 0.3) is 10.1 Å². The molecule has 4 aromatic rings. The number of nitrogens with zero attached hydrogens (tertiary/aromatic N) is 3. The quantitative estimate of drug-likeness (QED) is 0.451. The van der Waals surface area contributed by atoms with Crippen LogP contribution in [0.5, 0.6) is 0 Å². The zero-order chi connectivity index (χ0) is 21.3. The molecule has 2 heterocycles. The molecule has 0 aliphatic carbocycles. The van der Waals surface area contributed by atoms with E-state index >= 15 is 0 Å². The molecule has 1 aliphatic rings. The number of aromatic nitrogens is 1. The first-order valence-electron chi connectivity index (χ1n) is 10.3. The van der Waals surface area contributed by atoms with Crippen LogP contribution in [0.2, 0.25) is 0 Å². The van der Waals surface area contributed by atoms with E-state index in [4.69, 9.17) is 0 Å². The largest absolute Gasteiger partial charge is 0.353 e. The second kappa shape index (κ2) is 8.42. The van der Waals surface area contributed by atoms with Gasteiger partial charge in [0.1, 0.15) is 5.82 Å². The summed E-state index contributed by atoms with van der Waals surface area (Å²) in [5.74, 6) is 1.06. The van der Waals surface area contributed by atoms with E-state index in [9.17, 15) is 8.42 Å². The number of piperazine rings is 1. The van der Waals surface area contributed by atoms with Gasteiger partial charge >= 0.3 is 0 Å². The lowest BCUT2D eigenvalue weighted by atomic mass is 10.2. The van der Waals surface area contributed by atoms with Gasteiger partial charge in [-0.05, 0) is 47.4 Å². The number of sulfone groups is 1. The summed E-state index contributed by atoms with van der Waals surface area (Å²) in [6.07, 6.45) is 0. The number of hydrogen-bond donors (Lipinski definition) is 0. The molecule has 5 rings (SSSR count). The monoisotopic (exact) mass is 449 g/mol. The number of anilines is 1. The zero-order valence-electron chi connectivity index (χ0n) is 17.0. The van der Waals surface area contributed by atoms with Crippen molar-refractivity contribution in [3.63, 3.8) is 0 Å². The third-order valence-corrected chi connectivity index (χ3v) is 8.43. The molecule has 0 atom stereocenters. The fourth-order valence-corrected chi connectivity index (χ4v) is 6.38. The highest BCUT2D eigenvalue weighted by Crippen LogP contribution is 2.30. The van der Waals surface area contributed by atoms with Crippen molar-refractivity contribution in [2.75, 3.05) is 31.1 Å².